The molecule has 0 saturated heterocycles. The molecule has 0 bridgehead atoms. The minimum atomic E-state index is -0.837. The van der Waals surface area contributed by atoms with Crippen LogP contribution < -0.4 is 5.32 Å². The van der Waals surface area contributed by atoms with Gasteiger partial charge in [0.2, 0.25) is 5.89 Å². The number of aromatic nitrogens is 2. The van der Waals surface area contributed by atoms with Crippen LogP contribution in [0.1, 0.15) is 12.0 Å². The molecular weight excluding hydrogens is 270 g/mol. The second kappa shape index (κ2) is 6.03. The molecule has 0 spiro atoms. The van der Waals surface area contributed by atoms with E-state index >= 15 is 0 Å². The van der Waals surface area contributed by atoms with Gasteiger partial charge in [-0.3, -0.25) is 0 Å². The summed E-state index contributed by atoms with van der Waals surface area (Å²) in [5.74, 6) is 0.188. The van der Waals surface area contributed by atoms with Gasteiger partial charge in [0.25, 0.3) is 4.84 Å². The molecular formula is C11H13N3O2S2. The third kappa shape index (κ3) is 3.34. The van der Waals surface area contributed by atoms with Crippen LogP contribution in [0.3, 0.4) is 0 Å². The highest BCUT2D eigenvalue weighted by atomic mass is 32.2. The van der Waals surface area contributed by atoms with Crippen molar-refractivity contribution in [2.24, 2.45) is 0 Å². The number of aliphatic hydroxyl groups excluding tert-OH is 1. The van der Waals surface area contributed by atoms with Gasteiger partial charge in [0.1, 0.15) is 6.10 Å². The molecule has 1 atom stereocenters. The Morgan fingerprint density at radius 2 is 2.44 bits per heavy atom. The molecule has 0 aliphatic heterocycles. The predicted octanol–water partition coefficient (Wildman–Crippen LogP) is 2.60. The lowest BCUT2D eigenvalue weighted by Crippen LogP contribution is -2.12. The lowest BCUT2D eigenvalue weighted by Gasteiger charge is -2.10. The standard InChI is InChI=1S/C11H13N3O2S2/c1-18-8-4-2-3-7(5-8)12-6-9(15)10-13-14-11(17)16-10/h2-5,9,12,15H,6H2,1H3,(H,14,17). The molecule has 0 aliphatic carbocycles. The maximum absolute atomic E-state index is 9.83. The number of nitrogens with zero attached hydrogens (tertiary/aromatic N) is 1. The molecule has 0 amide bonds. The fourth-order valence-corrected chi connectivity index (χ4v) is 2.01. The average molecular weight is 283 g/mol. The number of aliphatic hydroxyl groups is 1. The highest BCUT2D eigenvalue weighted by molar-refractivity contribution is 7.98. The molecule has 1 aromatic heterocycles. The number of thioether (sulfide) groups is 1. The van der Waals surface area contributed by atoms with E-state index in [0.717, 1.165) is 10.6 Å². The molecule has 0 fully saturated rings. The molecule has 3 N–H and O–H groups in total. The first-order valence-corrected chi connectivity index (χ1v) is 6.93. The Morgan fingerprint density at radius 3 is 3.11 bits per heavy atom. The van der Waals surface area contributed by atoms with E-state index in [1.165, 1.54) is 0 Å². The van der Waals surface area contributed by atoms with Gasteiger partial charge in [-0.1, -0.05) is 6.07 Å². The van der Waals surface area contributed by atoms with Crippen molar-refractivity contribution in [3.05, 3.63) is 35.0 Å². The largest absolute Gasteiger partial charge is 0.411 e. The summed E-state index contributed by atoms with van der Waals surface area (Å²) >= 11 is 6.41. The number of H-pyrrole nitrogens is 1. The molecule has 0 aliphatic rings. The van der Waals surface area contributed by atoms with Gasteiger partial charge < -0.3 is 14.8 Å². The van der Waals surface area contributed by atoms with Gasteiger partial charge in [0.15, 0.2) is 0 Å². The summed E-state index contributed by atoms with van der Waals surface area (Å²) in [4.78, 5) is 1.32. The molecule has 1 unspecified atom stereocenters. The van der Waals surface area contributed by atoms with Gasteiger partial charge in [-0.05, 0) is 36.7 Å². The fourth-order valence-electron chi connectivity index (χ4n) is 1.42. The van der Waals surface area contributed by atoms with Gasteiger partial charge in [-0.15, -0.1) is 16.9 Å². The maximum atomic E-state index is 9.83. The number of aromatic amines is 1. The van der Waals surface area contributed by atoms with Crippen molar-refractivity contribution in [1.29, 1.82) is 0 Å². The van der Waals surface area contributed by atoms with Crippen LogP contribution in [0.2, 0.25) is 0 Å². The van der Waals surface area contributed by atoms with Crippen LogP contribution >= 0.6 is 24.0 Å². The Hall–Kier alpha value is -1.31. The van der Waals surface area contributed by atoms with Crippen molar-refractivity contribution >= 4 is 29.7 Å². The Labute approximate surface area is 114 Å². The third-order valence-corrected chi connectivity index (χ3v) is 3.21. The highest BCUT2D eigenvalue weighted by Gasteiger charge is 2.12. The van der Waals surface area contributed by atoms with E-state index in [0.29, 0.717) is 6.54 Å². The van der Waals surface area contributed by atoms with Gasteiger partial charge in [-0.2, -0.15) is 0 Å². The summed E-state index contributed by atoms with van der Waals surface area (Å²) < 4.78 is 5.03. The zero-order valence-electron chi connectivity index (χ0n) is 9.71. The first-order valence-electron chi connectivity index (χ1n) is 5.30. The zero-order chi connectivity index (χ0) is 13.0. The molecule has 96 valence electrons. The second-order valence-corrected chi connectivity index (χ2v) is 4.83. The maximum Gasteiger partial charge on any atom is 0.284 e. The molecule has 2 rings (SSSR count). The summed E-state index contributed by atoms with van der Waals surface area (Å²) in [5, 5.41) is 19.2. The van der Waals surface area contributed by atoms with Gasteiger partial charge in [-0.25, -0.2) is 5.10 Å². The third-order valence-electron chi connectivity index (χ3n) is 2.31. The summed E-state index contributed by atoms with van der Waals surface area (Å²) in [7, 11) is 0. The Bertz CT molecular complexity index is 567. The Kier molecular flexibility index (Phi) is 4.40. The summed E-state index contributed by atoms with van der Waals surface area (Å²) in [6, 6.07) is 7.93. The van der Waals surface area contributed by atoms with Crippen molar-refractivity contribution in [2.75, 3.05) is 18.1 Å². The van der Waals surface area contributed by atoms with Crippen LogP contribution in [-0.2, 0) is 0 Å². The zero-order valence-corrected chi connectivity index (χ0v) is 11.3. The van der Waals surface area contributed by atoms with E-state index < -0.39 is 6.10 Å². The molecule has 1 heterocycles. The van der Waals surface area contributed by atoms with E-state index in [9.17, 15) is 5.11 Å². The quantitative estimate of drug-likeness (QED) is 0.578. The van der Waals surface area contributed by atoms with Crippen molar-refractivity contribution in [2.45, 2.75) is 11.0 Å². The minimum Gasteiger partial charge on any atom is -0.411 e. The smallest absolute Gasteiger partial charge is 0.284 e. The van der Waals surface area contributed by atoms with E-state index in [1.807, 2.05) is 30.5 Å². The number of benzene rings is 1. The van der Waals surface area contributed by atoms with Crippen molar-refractivity contribution < 1.29 is 9.52 Å². The topological polar surface area (TPSA) is 74.1 Å². The van der Waals surface area contributed by atoms with Crippen LogP contribution in [0.5, 0.6) is 0 Å². The lowest BCUT2D eigenvalue weighted by atomic mass is 10.3. The van der Waals surface area contributed by atoms with Crippen LogP contribution in [0.4, 0.5) is 5.69 Å². The number of nitrogens with one attached hydrogen (secondary N) is 2. The number of rotatable bonds is 5. The van der Waals surface area contributed by atoms with Gasteiger partial charge in [0.05, 0.1) is 0 Å². The van der Waals surface area contributed by atoms with Crippen LogP contribution in [0.25, 0.3) is 0 Å². The fraction of sp³-hybridized carbons (Fsp3) is 0.273. The lowest BCUT2D eigenvalue weighted by molar-refractivity contribution is 0.155. The van der Waals surface area contributed by atoms with Crippen LogP contribution in [0, 0.1) is 4.84 Å². The van der Waals surface area contributed by atoms with E-state index in [1.54, 1.807) is 11.8 Å². The highest BCUT2D eigenvalue weighted by Crippen LogP contribution is 2.19. The molecule has 0 radical (unpaired) electrons. The van der Waals surface area contributed by atoms with Crippen molar-refractivity contribution in [1.82, 2.24) is 10.2 Å². The molecule has 7 heteroatoms. The van der Waals surface area contributed by atoms with E-state index in [2.05, 4.69) is 15.5 Å². The number of hydrogen-bond donors (Lipinski definition) is 3. The molecule has 5 nitrogen and oxygen atoms in total. The first-order chi connectivity index (χ1) is 8.69. The van der Waals surface area contributed by atoms with E-state index in [-0.39, 0.29) is 10.7 Å². The van der Waals surface area contributed by atoms with Gasteiger partial charge >= 0.3 is 0 Å². The first kappa shape index (κ1) is 13.1. The van der Waals surface area contributed by atoms with Crippen molar-refractivity contribution in [3.63, 3.8) is 0 Å². The summed E-state index contributed by atoms with van der Waals surface area (Å²) in [6.07, 6.45) is 1.18. The van der Waals surface area contributed by atoms with Crippen molar-refractivity contribution in [3.8, 4) is 0 Å². The molecule has 2 aromatic rings. The van der Waals surface area contributed by atoms with E-state index in [4.69, 9.17) is 16.6 Å². The normalized spacial score (nSPS) is 12.3. The summed E-state index contributed by atoms with van der Waals surface area (Å²) in [6.45, 7) is 0.307. The second-order valence-electron chi connectivity index (χ2n) is 3.58. The number of hydrogen-bond acceptors (Lipinski definition) is 6. The molecule has 1 aromatic carbocycles. The minimum absolute atomic E-state index is 0.161. The average Bonchev–Trinajstić information content (AvgIpc) is 2.83. The van der Waals surface area contributed by atoms with Gasteiger partial charge in [0, 0.05) is 17.1 Å². The monoisotopic (exact) mass is 283 g/mol. The number of anilines is 1. The Balaban J connectivity index is 1.96. The molecule has 18 heavy (non-hydrogen) atoms. The SMILES string of the molecule is CSc1cccc(NCC(O)c2n[nH]c(=S)o2)c1. The Morgan fingerprint density at radius 1 is 1.61 bits per heavy atom. The molecule has 0 saturated carbocycles. The van der Waals surface area contributed by atoms with Crippen LogP contribution in [0.15, 0.2) is 33.6 Å². The van der Waals surface area contributed by atoms with Crippen LogP contribution in [-0.4, -0.2) is 28.1 Å². The summed E-state index contributed by atoms with van der Waals surface area (Å²) in [5.41, 5.74) is 0.940. The predicted molar refractivity (Wildman–Crippen MR) is 73.4 cm³/mol.